The lowest BCUT2D eigenvalue weighted by Crippen LogP contribution is -2.36. The van der Waals surface area contributed by atoms with Crippen molar-refractivity contribution in [2.45, 2.75) is 94.3 Å². The maximum Gasteiger partial charge on any atom is 0.309 e. The molecule has 0 bridgehead atoms. The van der Waals surface area contributed by atoms with Crippen molar-refractivity contribution in [3.8, 4) is 6.26 Å². The van der Waals surface area contributed by atoms with Crippen LogP contribution < -0.4 is 0 Å². The van der Waals surface area contributed by atoms with Gasteiger partial charge in [0.05, 0.1) is 52.2 Å². The summed E-state index contributed by atoms with van der Waals surface area (Å²) in [6.07, 6.45) is -1.03. The molecular weight excluding hydrogens is 646 g/mol. The second-order valence-corrected chi connectivity index (χ2v) is 10.6. The third kappa shape index (κ3) is 11.6. The van der Waals surface area contributed by atoms with Crippen LogP contribution in [-0.2, 0) is 71.4 Å². The van der Waals surface area contributed by atoms with E-state index in [4.69, 9.17) is 48.7 Å². The van der Waals surface area contributed by atoms with Gasteiger partial charge in [-0.3, -0.25) is 24.0 Å². The van der Waals surface area contributed by atoms with E-state index in [0.29, 0.717) is 12.8 Å². The van der Waals surface area contributed by atoms with Gasteiger partial charge in [0.1, 0.15) is 31.0 Å². The Morgan fingerprint density at radius 3 is 1.58 bits per heavy atom. The van der Waals surface area contributed by atoms with Crippen molar-refractivity contribution in [3.63, 3.8) is 0 Å². The number of azide groups is 1. The predicted octanol–water partition coefficient (Wildman–Crippen LogP) is 0.246. The molecule has 4 rings (SSSR count). The Labute approximate surface area is 273 Å². The lowest BCUT2D eigenvalue weighted by molar-refractivity contribution is -0.157. The third-order valence-corrected chi connectivity index (χ3v) is 7.17. The highest BCUT2D eigenvalue weighted by Gasteiger charge is 2.52. The van der Waals surface area contributed by atoms with Crippen molar-refractivity contribution in [1.82, 2.24) is 0 Å². The molecule has 0 unspecified atom stereocenters. The number of isocyanates is 1. The number of fused-ring (bicyclic) bond motifs is 2. The van der Waals surface area contributed by atoms with Gasteiger partial charge in [0.2, 0.25) is 12.0 Å². The summed E-state index contributed by atoms with van der Waals surface area (Å²) in [6, 6.07) is 0. The van der Waals surface area contributed by atoms with E-state index in [0.717, 1.165) is 0 Å². The molecule has 4 aliphatic heterocycles. The predicted molar refractivity (Wildman–Crippen MR) is 151 cm³/mol. The fraction of sp³-hybridized carbons (Fsp3) is 0.750. The summed E-state index contributed by atoms with van der Waals surface area (Å²) in [4.78, 5) is 73.1. The van der Waals surface area contributed by atoms with Gasteiger partial charge in [-0.15, -0.1) is 0 Å². The number of hydrogen-bond acceptors (Lipinski definition) is 17. The number of esters is 4. The molecule has 48 heavy (non-hydrogen) atoms. The molecule has 4 aliphatic rings. The monoisotopic (exact) mass is 681 g/mol. The van der Waals surface area contributed by atoms with Crippen LogP contribution in [0.15, 0.2) is 10.1 Å². The normalized spacial score (nSPS) is 27.7. The molecular formula is C28H35N5O15. The fourth-order valence-electron chi connectivity index (χ4n) is 5.06. The zero-order chi connectivity index (χ0) is 34.9. The second-order valence-electron chi connectivity index (χ2n) is 10.6. The molecule has 4 fully saturated rings. The number of rotatable bonds is 15. The van der Waals surface area contributed by atoms with E-state index < -0.39 is 72.6 Å². The second kappa shape index (κ2) is 19.9. The van der Waals surface area contributed by atoms with Crippen LogP contribution in [0, 0.1) is 11.5 Å². The maximum absolute atomic E-state index is 11.7. The molecule has 20 heteroatoms. The highest BCUT2D eigenvalue weighted by Crippen LogP contribution is 2.32. The van der Waals surface area contributed by atoms with Crippen molar-refractivity contribution >= 4 is 35.9 Å². The van der Waals surface area contributed by atoms with E-state index in [2.05, 4.69) is 19.8 Å². The molecule has 20 nitrogen and oxygen atoms in total. The first-order valence-corrected chi connectivity index (χ1v) is 15.1. The Morgan fingerprint density at radius 1 is 0.729 bits per heavy atom. The van der Waals surface area contributed by atoms with Gasteiger partial charge < -0.3 is 42.6 Å². The summed E-state index contributed by atoms with van der Waals surface area (Å²) < 4.78 is 47.5. The number of nitriles is 1. The number of nitrogens with zero attached hydrogens (tertiary/aromatic N) is 5. The van der Waals surface area contributed by atoms with Crippen LogP contribution in [-0.4, -0.2) is 124 Å². The first-order chi connectivity index (χ1) is 23.2. The summed E-state index contributed by atoms with van der Waals surface area (Å²) in [5, 5.41) is 11.1. The van der Waals surface area contributed by atoms with Crippen molar-refractivity contribution in [2.75, 3.05) is 39.6 Å². The van der Waals surface area contributed by atoms with Gasteiger partial charge in [-0.05, 0) is 17.1 Å². The molecule has 0 N–H and O–H groups in total. The van der Waals surface area contributed by atoms with Crippen LogP contribution in [0.2, 0.25) is 0 Å². The highest BCUT2D eigenvalue weighted by molar-refractivity contribution is 5.81. The van der Waals surface area contributed by atoms with E-state index in [1.165, 1.54) is 12.3 Å². The SMILES string of the molecule is CCCC(=O)O[C@@H]1CO[C@H]2[C@@H]1OC[C@H]2OC(=O)CCC(=O)N=[N+]=[N-].N#COCCC(=O)O[C@@H]1CO[C@H]2[C@@H]1OC[C@H]2OC(=O)CCN=C=O. The van der Waals surface area contributed by atoms with E-state index in [1.54, 1.807) is 0 Å². The van der Waals surface area contributed by atoms with Crippen LogP contribution in [0.1, 0.15) is 45.4 Å². The van der Waals surface area contributed by atoms with Crippen LogP contribution in [0.5, 0.6) is 0 Å². The molecule has 262 valence electrons. The average molecular weight is 682 g/mol. The number of ether oxygens (including phenoxy) is 9. The van der Waals surface area contributed by atoms with E-state index >= 15 is 0 Å². The standard InChI is InChI=1S/C14H19N3O7.C14H16N2O8/c1-2-3-11(19)23-8-6-21-14-9(7-22-13(8)14)24-12(20)5-4-10(18)16-17-15;15-7-20-4-2-12(19)24-10-6-22-13-9(5-21-14(10)13)23-11(18)1-3-16-8-17/h8-9,13-14H,2-7H2,1H3;9-10,13-14H,1-6H2/t8-,9-,13-,14-;9-,10-,13-,14-/m11/s1. The highest BCUT2D eigenvalue weighted by atomic mass is 16.7. The average Bonchev–Trinajstić information content (AvgIpc) is 3.83. The van der Waals surface area contributed by atoms with Crippen molar-refractivity contribution in [3.05, 3.63) is 10.4 Å². The summed E-state index contributed by atoms with van der Waals surface area (Å²) in [7, 11) is 0. The Hall–Kier alpha value is -4.63. The van der Waals surface area contributed by atoms with E-state index in [-0.39, 0.29) is 71.2 Å². The topological polar surface area (TPSA) is 270 Å². The third-order valence-electron chi connectivity index (χ3n) is 7.17. The number of carbonyl (C=O) groups excluding carboxylic acids is 6. The molecule has 0 saturated carbocycles. The molecule has 0 aliphatic carbocycles. The molecule has 4 saturated heterocycles. The zero-order valence-electron chi connectivity index (χ0n) is 26.0. The first-order valence-electron chi connectivity index (χ1n) is 15.1. The molecule has 0 aromatic rings. The Kier molecular flexibility index (Phi) is 15.7. The Balaban J connectivity index is 0.000000260. The number of carbonyl (C=O) groups is 5. The summed E-state index contributed by atoms with van der Waals surface area (Å²) >= 11 is 0. The van der Waals surface area contributed by atoms with Crippen molar-refractivity contribution < 1.29 is 71.4 Å². The summed E-state index contributed by atoms with van der Waals surface area (Å²) in [6.45, 7) is 2.41. The number of hydrogen-bond donors (Lipinski definition) is 0. The van der Waals surface area contributed by atoms with Gasteiger partial charge in [-0.2, -0.15) is 5.26 Å². The van der Waals surface area contributed by atoms with Crippen LogP contribution >= 0.6 is 0 Å². The molecule has 8 atom stereocenters. The lowest BCUT2D eigenvalue weighted by atomic mass is 10.1. The number of amides is 1. The van der Waals surface area contributed by atoms with Gasteiger partial charge in [0, 0.05) is 17.8 Å². The molecule has 4 heterocycles. The van der Waals surface area contributed by atoms with Gasteiger partial charge in [0.15, 0.2) is 24.4 Å². The smallest absolute Gasteiger partial charge is 0.309 e. The minimum atomic E-state index is -0.727. The zero-order valence-corrected chi connectivity index (χ0v) is 26.0. The van der Waals surface area contributed by atoms with Gasteiger partial charge in [0.25, 0.3) is 6.26 Å². The Morgan fingerprint density at radius 2 is 1.17 bits per heavy atom. The van der Waals surface area contributed by atoms with Crippen molar-refractivity contribution in [1.29, 1.82) is 5.26 Å². The van der Waals surface area contributed by atoms with Gasteiger partial charge >= 0.3 is 23.9 Å². The quantitative estimate of drug-likeness (QED) is 0.0258. The van der Waals surface area contributed by atoms with Crippen LogP contribution in [0.3, 0.4) is 0 Å². The fourth-order valence-corrected chi connectivity index (χ4v) is 5.06. The Bertz CT molecular complexity index is 1290. The first kappa shape index (κ1) is 37.8. The minimum Gasteiger partial charge on any atom is -0.457 e. The molecule has 1 amide bonds. The molecule has 0 radical (unpaired) electrons. The summed E-state index contributed by atoms with van der Waals surface area (Å²) in [5.41, 5.74) is 8.11. The lowest BCUT2D eigenvalue weighted by Gasteiger charge is -2.17. The molecule has 0 aromatic heterocycles. The molecule has 0 aromatic carbocycles. The number of aliphatic imine (C=N–C) groups is 1. The maximum atomic E-state index is 11.7. The van der Waals surface area contributed by atoms with Crippen molar-refractivity contribution in [2.24, 2.45) is 10.1 Å². The largest absolute Gasteiger partial charge is 0.457 e. The van der Waals surface area contributed by atoms with E-state index in [9.17, 15) is 28.8 Å². The van der Waals surface area contributed by atoms with Crippen LogP contribution in [0.25, 0.3) is 10.4 Å². The van der Waals surface area contributed by atoms with Gasteiger partial charge in [-0.1, -0.05) is 6.92 Å². The van der Waals surface area contributed by atoms with E-state index in [1.807, 2.05) is 6.92 Å². The summed E-state index contributed by atoms with van der Waals surface area (Å²) in [5.74, 6) is -2.71. The molecule has 0 spiro atoms. The van der Waals surface area contributed by atoms with Gasteiger partial charge in [-0.25, -0.2) is 9.79 Å². The minimum absolute atomic E-state index is 0.00979. The van der Waals surface area contributed by atoms with Crippen LogP contribution in [0.4, 0.5) is 0 Å².